The van der Waals surface area contributed by atoms with E-state index in [1.807, 2.05) is 0 Å². The van der Waals surface area contributed by atoms with Gasteiger partial charge >= 0.3 is 230 Å². The molecule has 1 nitrogen and oxygen atoms in total. The van der Waals surface area contributed by atoms with Crippen LogP contribution in [0, 0.1) is 0 Å². The molecule has 0 aliphatic heterocycles. The molecule has 0 aromatic rings. The average Bonchev–Trinajstić information content (AvgIpc) is 2.20. The summed E-state index contributed by atoms with van der Waals surface area (Å²) in [6.45, 7) is 48.1. The molecule has 0 aromatic heterocycles. The van der Waals surface area contributed by atoms with Crippen molar-refractivity contribution >= 4 is 86.0 Å². The molecule has 0 unspecified atom stereocenters. The number of rotatable bonds is 14. The summed E-state index contributed by atoms with van der Waals surface area (Å²) in [7, 11) is -7.12. The average molecular weight is 777 g/mol. The van der Waals surface area contributed by atoms with Gasteiger partial charge in [0.25, 0.3) is 0 Å². The fourth-order valence-electron chi connectivity index (χ4n) is 6.85. The van der Waals surface area contributed by atoms with Crippen molar-refractivity contribution in [3.63, 3.8) is 0 Å². The Labute approximate surface area is 227 Å². The van der Waals surface area contributed by atoms with Crippen LogP contribution in [0.15, 0.2) is 0 Å². The zero-order chi connectivity index (χ0) is 26.9. The Balaban J connectivity index is 7.07. The van der Waals surface area contributed by atoms with Gasteiger partial charge in [-0.3, -0.25) is 0 Å². The molecule has 0 aliphatic rings. The topological polar surface area (TPSA) is 9.23 Å². The molecule has 0 atom stereocenters. The number of hydrogen-bond donors (Lipinski definition) is 0. The third-order valence-corrected chi connectivity index (χ3v) is 122. The molecule has 0 heterocycles. The molecule has 200 valence electrons. The standard InChI is InChI=1S/6C4H11Si.O.2Sn/c6*1-5(2,3)4;;;/h6*1H2,2-4H3;;;. The summed E-state index contributed by atoms with van der Waals surface area (Å²) < 4.78 is 18.2. The summed E-state index contributed by atoms with van der Waals surface area (Å²) >= 11 is -5.61. The van der Waals surface area contributed by atoms with E-state index in [2.05, 4.69) is 118 Å². The molecule has 0 N–H and O–H groups in total. The molecule has 0 fully saturated rings. The first-order chi connectivity index (χ1) is 13.9. The van der Waals surface area contributed by atoms with E-state index in [1.165, 1.54) is 0 Å². The van der Waals surface area contributed by atoms with E-state index in [0.717, 1.165) is 0 Å². The molecular weight excluding hydrogens is 710 g/mol. The zero-order valence-corrected chi connectivity index (χ0v) is 38.4. The van der Waals surface area contributed by atoms with Crippen LogP contribution in [0.5, 0.6) is 0 Å². The van der Waals surface area contributed by atoms with Crippen molar-refractivity contribution < 1.29 is 1.41 Å². The van der Waals surface area contributed by atoms with Crippen molar-refractivity contribution in [1.29, 1.82) is 0 Å². The minimum absolute atomic E-state index is 1.19. The van der Waals surface area contributed by atoms with Gasteiger partial charge in [0.05, 0.1) is 0 Å². The normalized spacial score (nSPS) is 15.8. The molecule has 0 aromatic carbocycles. The van der Waals surface area contributed by atoms with E-state index in [9.17, 15) is 0 Å². The van der Waals surface area contributed by atoms with Crippen molar-refractivity contribution in [3.8, 4) is 0 Å². The van der Waals surface area contributed by atoms with E-state index in [0.29, 0.717) is 0 Å². The second kappa shape index (κ2) is 11.9. The predicted molar refractivity (Wildman–Crippen MR) is 182 cm³/mol. The summed E-state index contributed by atoms with van der Waals surface area (Å²) in [6.07, 6.45) is 0. The van der Waals surface area contributed by atoms with Crippen molar-refractivity contribution in [3.05, 3.63) is 0 Å². The SMILES string of the molecule is C[Si](C)(C)[CH2][Sn]([CH2][Si](C)(C)C)([CH2][Si](C)(C)C)[O][Sn]([CH2][Si](C)(C)C)([CH2][Si](C)(C)C)[CH2][Si](C)(C)C. The maximum atomic E-state index is 8.51. The van der Waals surface area contributed by atoms with Crippen molar-refractivity contribution in [2.45, 2.75) is 142 Å². The van der Waals surface area contributed by atoms with Crippen LogP contribution in [-0.2, 0) is 1.41 Å². The first kappa shape index (κ1) is 35.9. The third-order valence-electron chi connectivity index (χ3n) is 5.55. The molecule has 33 heavy (non-hydrogen) atoms. The molecule has 0 saturated carbocycles. The van der Waals surface area contributed by atoms with Crippen LogP contribution >= 0.6 is 0 Å². The van der Waals surface area contributed by atoms with Gasteiger partial charge < -0.3 is 0 Å². The van der Waals surface area contributed by atoms with Crippen molar-refractivity contribution in [1.82, 2.24) is 0 Å². The maximum absolute atomic E-state index is 8.51. The summed E-state index contributed by atoms with van der Waals surface area (Å²) in [4.78, 5) is 0. The zero-order valence-electron chi connectivity index (χ0n) is 26.7. The van der Waals surface area contributed by atoms with E-state index in [4.69, 9.17) is 1.41 Å². The molecule has 9 heteroatoms. The molecule has 0 radical (unpaired) electrons. The van der Waals surface area contributed by atoms with Crippen molar-refractivity contribution in [2.75, 3.05) is 0 Å². The van der Waals surface area contributed by atoms with E-state index in [1.54, 1.807) is 24.4 Å². The fourth-order valence-corrected chi connectivity index (χ4v) is 189. The Bertz CT molecular complexity index is 478. The van der Waals surface area contributed by atoms with Gasteiger partial charge in [-0.25, -0.2) is 0 Å². The quantitative estimate of drug-likeness (QED) is 0.160. The van der Waals surface area contributed by atoms with Gasteiger partial charge in [0, 0.05) is 0 Å². The molecule has 0 bridgehead atoms. The predicted octanol–water partition coefficient (Wildman–Crippen LogP) is 10.2. The molecular formula is C24H66OSi6Sn2. The van der Waals surface area contributed by atoms with Crippen LogP contribution in [0.1, 0.15) is 0 Å². The Hall–Kier alpha value is 2.86. The van der Waals surface area contributed by atoms with Crippen LogP contribution in [-0.4, -0.2) is 86.0 Å². The monoisotopic (exact) mass is 778 g/mol. The number of hydrogen-bond acceptors (Lipinski definition) is 1. The molecule has 0 amide bonds. The van der Waals surface area contributed by atoms with Crippen molar-refractivity contribution in [2.24, 2.45) is 0 Å². The molecule has 0 aliphatic carbocycles. The van der Waals surface area contributed by atoms with Gasteiger partial charge in [0.15, 0.2) is 0 Å². The first-order valence-corrected chi connectivity index (χ1v) is 50.3. The van der Waals surface area contributed by atoms with Crippen LogP contribution in [0.25, 0.3) is 0 Å². The summed E-state index contributed by atoms with van der Waals surface area (Å²) in [5.74, 6) is 0. The van der Waals surface area contributed by atoms with Gasteiger partial charge in [-0.05, 0) is 0 Å². The van der Waals surface area contributed by atoms with Gasteiger partial charge in [-0.2, -0.15) is 0 Å². The Kier molecular flexibility index (Phi) is 13.0. The second-order valence-electron chi connectivity index (χ2n) is 18.9. The van der Waals surface area contributed by atoms with Crippen LogP contribution in [0.2, 0.25) is 142 Å². The molecule has 0 spiro atoms. The van der Waals surface area contributed by atoms with E-state index >= 15 is 0 Å². The van der Waals surface area contributed by atoms with Crippen LogP contribution in [0.3, 0.4) is 0 Å². The van der Waals surface area contributed by atoms with Gasteiger partial charge in [0.1, 0.15) is 0 Å². The Morgan fingerprint density at radius 2 is 0.424 bits per heavy atom. The molecule has 0 saturated heterocycles. The first-order valence-electron chi connectivity index (χ1n) is 13.7. The van der Waals surface area contributed by atoms with Gasteiger partial charge in [0.2, 0.25) is 0 Å². The minimum atomic E-state index is -2.81. The van der Waals surface area contributed by atoms with E-state index in [-0.39, 0.29) is 0 Å². The van der Waals surface area contributed by atoms with E-state index < -0.39 is 86.0 Å². The summed E-state index contributed by atoms with van der Waals surface area (Å²) in [5, 5.41) is 0. The summed E-state index contributed by atoms with van der Waals surface area (Å²) in [5.41, 5.74) is 0. The van der Waals surface area contributed by atoms with Crippen LogP contribution < -0.4 is 0 Å². The molecule has 0 rings (SSSR count). The van der Waals surface area contributed by atoms with Crippen LogP contribution in [0.4, 0.5) is 0 Å². The summed E-state index contributed by atoms with van der Waals surface area (Å²) in [6, 6.07) is 0. The van der Waals surface area contributed by atoms with Gasteiger partial charge in [-0.15, -0.1) is 0 Å². The Morgan fingerprint density at radius 3 is 0.515 bits per heavy atom. The second-order valence-corrected chi connectivity index (χ2v) is 87.9. The fraction of sp³-hybridized carbons (Fsp3) is 1.00. The van der Waals surface area contributed by atoms with Gasteiger partial charge in [-0.1, -0.05) is 0 Å². The Morgan fingerprint density at radius 1 is 0.303 bits per heavy atom. The third kappa shape index (κ3) is 18.7.